The number of nitrogens with zero attached hydrogens (tertiary/aromatic N) is 2. The number of carbonyl (C=O) groups excluding carboxylic acids is 1. The van der Waals surface area contributed by atoms with Crippen molar-refractivity contribution < 1.29 is 14.3 Å². The van der Waals surface area contributed by atoms with Gasteiger partial charge in [-0.15, -0.1) is 0 Å². The highest BCUT2D eigenvalue weighted by Crippen LogP contribution is 2.35. The Labute approximate surface area is 121 Å². The molecule has 7 nitrogen and oxygen atoms in total. The maximum absolute atomic E-state index is 12.3. The average Bonchev–Trinajstić information content (AvgIpc) is 3.08. The summed E-state index contributed by atoms with van der Waals surface area (Å²) in [5.41, 5.74) is 6.64. The molecule has 1 unspecified atom stereocenters. The van der Waals surface area contributed by atoms with Gasteiger partial charge in [0.25, 0.3) is 5.91 Å². The van der Waals surface area contributed by atoms with Crippen molar-refractivity contribution >= 4 is 11.6 Å². The van der Waals surface area contributed by atoms with Gasteiger partial charge in [-0.05, 0) is 19.1 Å². The number of amides is 1. The topological polar surface area (TPSA) is 91.4 Å². The van der Waals surface area contributed by atoms with Crippen LogP contribution < -0.4 is 20.5 Å². The summed E-state index contributed by atoms with van der Waals surface area (Å²) < 4.78 is 12.2. The molecule has 3 N–H and O–H groups in total. The van der Waals surface area contributed by atoms with Gasteiger partial charge in [0.1, 0.15) is 0 Å². The summed E-state index contributed by atoms with van der Waals surface area (Å²) >= 11 is 0. The summed E-state index contributed by atoms with van der Waals surface area (Å²) in [4.78, 5) is 12.3. The van der Waals surface area contributed by atoms with Crippen LogP contribution in [0.2, 0.25) is 0 Å². The van der Waals surface area contributed by atoms with Gasteiger partial charge in [0.2, 0.25) is 6.79 Å². The summed E-state index contributed by atoms with van der Waals surface area (Å²) in [5, 5.41) is 7.00. The highest BCUT2D eigenvalue weighted by atomic mass is 16.7. The van der Waals surface area contributed by atoms with Crippen LogP contribution in [0.15, 0.2) is 30.6 Å². The lowest BCUT2D eigenvalue weighted by molar-refractivity contribution is 0.0936. The number of nitrogens with one attached hydrogen (secondary N) is 1. The van der Waals surface area contributed by atoms with E-state index in [0.29, 0.717) is 29.3 Å². The van der Waals surface area contributed by atoms with Crippen molar-refractivity contribution in [2.45, 2.75) is 19.5 Å². The number of hydrogen-bond donors (Lipinski definition) is 2. The Bertz CT molecular complexity index is 654. The summed E-state index contributed by atoms with van der Waals surface area (Å²) in [6, 6.07) is 4.97. The molecule has 1 aromatic heterocycles. The molecular formula is C14H16N4O3. The van der Waals surface area contributed by atoms with Crippen LogP contribution in [0.4, 0.5) is 5.69 Å². The molecule has 1 aromatic carbocycles. The van der Waals surface area contributed by atoms with Gasteiger partial charge in [-0.25, -0.2) is 0 Å². The minimum absolute atomic E-state index is 0.0813. The Balaban J connectivity index is 1.70. The first-order valence-corrected chi connectivity index (χ1v) is 6.61. The molecule has 1 amide bonds. The molecule has 0 radical (unpaired) electrons. The fourth-order valence-corrected chi connectivity index (χ4v) is 2.19. The van der Waals surface area contributed by atoms with Crippen molar-refractivity contribution in [3.63, 3.8) is 0 Å². The van der Waals surface area contributed by atoms with Gasteiger partial charge in [0, 0.05) is 30.2 Å². The van der Waals surface area contributed by atoms with E-state index in [-0.39, 0.29) is 18.7 Å². The van der Waals surface area contributed by atoms with Gasteiger partial charge in [0.15, 0.2) is 11.5 Å². The number of ether oxygens (including phenoxy) is 2. The predicted molar refractivity (Wildman–Crippen MR) is 76.1 cm³/mol. The Hall–Kier alpha value is -2.70. The lowest BCUT2D eigenvalue weighted by Crippen LogP contribution is -2.36. The molecule has 3 rings (SSSR count). The second-order valence-corrected chi connectivity index (χ2v) is 4.90. The molecule has 0 saturated carbocycles. The van der Waals surface area contributed by atoms with Crippen molar-refractivity contribution in [1.29, 1.82) is 0 Å². The molecule has 2 heterocycles. The van der Waals surface area contributed by atoms with Crippen LogP contribution in [0.25, 0.3) is 0 Å². The second kappa shape index (κ2) is 5.35. The van der Waals surface area contributed by atoms with Crippen molar-refractivity contribution in [3.05, 3.63) is 36.2 Å². The number of aromatic nitrogens is 2. The summed E-state index contributed by atoms with van der Waals surface area (Å²) in [6.07, 6.45) is 3.54. The molecule has 0 bridgehead atoms. The number of nitrogens with two attached hydrogens (primary N) is 1. The number of fused-ring (bicyclic) bond motifs is 1. The molecule has 0 aliphatic carbocycles. The third-order valence-electron chi connectivity index (χ3n) is 3.19. The SMILES string of the molecule is CC(Cn1cccn1)NC(=O)c1cc2c(cc1N)OCO2. The summed E-state index contributed by atoms with van der Waals surface area (Å²) in [5.74, 6) is 0.855. The first kappa shape index (κ1) is 13.3. The van der Waals surface area contributed by atoms with Gasteiger partial charge in [-0.3, -0.25) is 9.48 Å². The molecule has 0 saturated heterocycles. The van der Waals surface area contributed by atoms with Crippen LogP contribution in [0, 0.1) is 0 Å². The number of rotatable bonds is 4. The van der Waals surface area contributed by atoms with Gasteiger partial charge < -0.3 is 20.5 Å². The molecule has 21 heavy (non-hydrogen) atoms. The molecular weight excluding hydrogens is 272 g/mol. The quantitative estimate of drug-likeness (QED) is 0.819. The van der Waals surface area contributed by atoms with E-state index >= 15 is 0 Å². The molecule has 0 spiro atoms. The maximum Gasteiger partial charge on any atom is 0.253 e. The zero-order chi connectivity index (χ0) is 14.8. The number of carbonyl (C=O) groups is 1. The standard InChI is InChI=1S/C14H16N4O3/c1-9(7-18-4-2-3-16-18)17-14(19)10-5-12-13(6-11(10)15)21-8-20-12/h2-6,9H,7-8,15H2,1H3,(H,17,19). The Morgan fingerprint density at radius 1 is 1.48 bits per heavy atom. The Kier molecular flexibility index (Phi) is 3.39. The first-order valence-electron chi connectivity index (χ1n) is 6.61. The third-order valence-corrected chi connectivity index (χ3v) is 3.19. The largest absolute Gasteiger partial charge is 0.454 e. The molecule has 1 aliphatic rings. The summed E-state index contributed by atoms with van der Waals surface area (Å²) in [7, 11) is 0. The molecule has 2 aromatic rings. The van der Waals surface area contributed by atoms with Crippen molar-refractivity contribution in [2.75, 3.05) is 12.5 Å². The van der Waals surface area contributed by atoms with Gasteiger partial charge in [0.05, 0.1) is 12.1 Å². The highest BCUT2D eigenvalue weighted by Gasteiger charge is 2.20. The second-order valence-electron chi connectivity index (χ2n) is 4.90. The van der Waals surface area contributed by atoms with Crippen molar-refractivity contribution in [1.82, 2.24) is 15.1 Å². The Morgan fingerprint density at radius 2 is 2.24 bits per heavy atom. The fraction of sp³-hybridized carbons (Fsp3) is 0.286. The van der Waals surface area contributed by atoms with Crippen LogP contribution in [0.1, 0.15) is 17.3 Å². The minimum atomic E-state index is -0.245. The van der Waals surface area contributed by atoms with Gasteiger partial charge >= 0.3 is 0 Å². The maximum atomic E-state index is 12.3. The highest BCUT2D eigenvalue weighted by molar-refractivity contribution is 6.00. The molecule has 7 heteroatoms. The van der Waals surface area contributed by atoms with Crippen LogP contribution in [0.3, 0.4) is 0 Å². The van der Waals surface area contributed by atoms with Crippen LogP contribution in [-0.2, 0) is 6.54 Å². The van der Waals surface area contributed by atoms with E-state index in [2.05, 4.69) is 10.4 Å². The van der Waals surface area contributed by atoms with E-state index in [1.807, 2.05) is 19.2 Å². The van der Waals surface area contributed by atoms with E-state index in [0.717, 1.165) is 0 Å². The zero-order valence-electron chi connectivity index (χ0n) is 11.6. The van der Waals surface area contributed by atoms with Crippen LogP contribution >= 0.6 is 0 Å². The molecule has 1 atom stereocenters. The average molecular weight is 288 g/mol. The lowest BCUT2D eigenvalue weighted by Gasteiger charge is -2.15. The number of benzene rings is 1. The Morgan fingerprint density at radius 3 is 2.95 bits per heavy atom. The fourth-order valence-electron chi connectivity index (χ4n) is 2.19. The van der Waals surface area contributed by atoms with E-state index in [1.165, 1.54) is 0 Å². The first-order chi connectivity index (χ1) is 10.1. The number of hydrogen-bond acceptors (Lipinski definition) is 5. The normalized spacial score (nSPS) is 14.0. The number of nitrogen functional groups attached to an aromatic ring is 1. The lowest BCUT2D eigenvalue weighted by atomic mass is 10.1. The number of anilines is 1. The van der Waals surface area contributed by atoms with E-state index in [4.69, 9.17) is 15.2 Å². The van der Waals surface area contributed by atoms with E-state index in [9.17, 15) is 4.79 Å². The third kappa shape index (κ3) is 2.76. The zero-order valence-corrected chi connectivity index (χ0v) is 11.6. The van der Waals surface area contributed by atoms with E-state index in [1.54, 1.807) is 23.0 Å². The molecule has 1 aliphatic heterocycles. The molecule has 0 fully saturated rings. The van der Waals surface area contributed by atoms with E-state index < -0.39 is 0 Å². The smallest absolute Gasteiger partial charge is 0.253 e. The van der Waals surface area contributed by atoms with Gasteiger partial charge in [-0.1, -0.05) is 0 Å². The minimum Gasteiger partial charge on any atom is -0.454 e. The monoisotopic (exact) mass is 288 g/mol. The van der Waals surface area contributed by atoms with Crippen LogP contribution in [0.5, 0.6) is 11.5 Å². The van der Waals surface area contributed by atoms with Crippen LogP contribution in [-0.4, -0.2) is 28.5 Å². The van der Waals surface area contributed by atoms with Crippen molar-refractivity contribution in [2.24, 2.45) is 0 Å². The molecule has 110 valence electrons. The van der Waals surface area contributed by atoms with Crippen molar-refractivity contribution in [3.8, 4) is 11.5 Å². The predicted octanol–water partition coefficient (Wildman–Crippen LogP) is 1.01. The van der Waals surface area contributed by atoms with Gasteiger partial charge in [-0.2, -0.15) is 5.10 Å². The summed E-state index contributed by atoms with van der Waals surface area (Å²) in [6.45, 7) is 2.64.